The first kappa shape index (κ1) is 33.4. The van der Waals surface area contributed by atoms with E-state index in [1.165, 1.54) is 21.1 Å². The van der Waals surface area contributed by atoms with Crippen molar-refractivity contribution in [3.05, 3.63) is 163 Å². The Balaban J connectivity index is 0.000000202. The van der Waals surface area contributed by atoms with E-state index in [0.29, 0.717) is 5.56 Å². The van der Waals surface area contributed by atoms with Gasteiger partial charge in [0.2, 0.25) is 0 Å². The van der Waals surface area contributed by atoms with E-state index in [1.807, 2.05) is 62.4 Å². The first-order chi connectivity index (χ1) is 26.6. The number of aryl methyl sites for hydroxylation is 2. The van der Waals surface area contributed by atoms with Gasteiger partial charge in [0.1, 0.15) is 0 Å². The Hall–Kier alpha value is -4.19. The van der Waals surface area contributed by atoms with Crippen molar-refractivity contribution < 1.29 is 25.6 Å². The second-order valence-electron chi connectivity index (χ2n) is 14.4. The summed E-state index contributed by atoms with van der Waals surface area (Å²) in [5.74, 6) is 6.52. The van der Waals surface area contributed by atoms with Crippen LogP contribution in [0.3, 0.4) is 0 Å². The van der Waals surface area contributed by atoms with Crippen molar-refractivity contribution in [3.63, 3.8) is 0 Å². The quantitative estimate of drug-likeness (QED) is 0.123. The predicted octanol–water partition coefficient (Wildman–Crippen LogP) is 13.1. The number of rotatable bonds is 6. The third-order valence-corrected chi connectivity index (χ3v) is 15.1. The molecule has 2 nitrogen and oxygen atoms in total. The van der Waals surface area contributed by atoms with Crippen molar-refractivity contribution in [2.75, 3.05) is 0 Å². The van der Waals surface area contributed by atoms with E-state index >= 15 is 0 Å². The number of fused-ring (bicyclic) bond motifs is 3. The van der Waals surface area contributed by atoms with Crippen LogP contribution in [0.4, 0.5) is 0 Å². The molecule has 0 spiro atoms. The third kappa shape index (κ3) is 8.48. The molecule has 53 heavy (non-hydrogen) atoms. The second-order valence-corrected chi connectivity index (χ2v) is 26.0. The molecule has 0 aliphatic rings. The smallest absolute Gasteiger partial charge is 0.0346 e. The van der Waals surface area contributed by atoms with Crippen LogP contribution >= 0.6 is 11.3 Å². The van der Waals surface area contributed by atoms with Crippen LogP contribution in [0.25, 0.3) is 64.9 Å². The number of aromatic nitrogens is 2. The normalized spacial score (nSPS) is 12.9. The van der Waals surface area contributed by atoms with Gasteiger partial charge < -0.3 is 4.98 Å². The maximum atomic E-state index is 8.39. The topological polar surface area (TPSA) is 25.8 Å². The molecule has 3 aromatic heterocycles. The molecule has 1 radical (unpaired) electrons. The van der Waals surface area contributed by atoms with Crippen LogP contribution in [0.1, 0.15) is 41.9 Å². The summed E-state index contributed by atoms with van der Waals surface area (Å²) in [5.41, 5.74) is 10.9. The third-order valence-electron chi connectivity index (χ3n) is 9.35. The van der Waals surface area contributed by atoms with Gasteiger partial charge in [-0.25, -0.2) is 0 Å². The van der Waals surface area contributed by atoms with E-state index in [0.717, 1.165) is 59.4 Å². The zero-order chi connectivity index (χ0) is 39.8. The average Bonchev–Trinajstić information content (AvgIpc) is 3.57. The van der Waals surface area contributed by atoms with E-state index in [1.54, 1.807) is 29.7 Å². The number of nitrogens with zero attached hydrogens (tertiary/aromatic N) is 2. The van der Waals surface area contributed by atoms with E-state index in [4.69, 9.17) is 10.5 Å². The molecule has 0 saturated carbocycles. The summed E-state index contributed by atoms with van der Waals surface area (Å²) >= 11 is -0.149. The first-order valence-electron chi connectivity index (χ1n) is 19.6. The van der Waals surface area contributed by atoms with Crippen LogP contribution in [-0.4, -0.2) is 23.2 Å². The number of benzene rings is 5. The molecule has 3 heterocycles. The van der Waals surface area contributed by atoms with Crippen molar-refractivity contribution in [2.45, 2.75) is 50.8 Å². The Morgan fingerprint density at radius 3 is 2.19 bits per heavy atom. The Labute approximate surface area is 340 Å². The minimum absolute atomic E-state index is 0. The molecule has 267 valence electrons. The van der Waals surface area contributed by atoms with Gasteiger partial charge in [-0.3, -0.25) is 0 Å². The van der Waals surface area contributed by atoms with Gasteiger partial charge in [-0.1, -0.05) is 78.9 Å². The van der Waals surface area contributed by atoms with E-state index in [-0.39, 0.29) is 20.1 Å². The van der Waals surface area contributed by atoms with Gasteiger partial charge in [-0.15, -0.1) is 23.8 Å². The fourth-order valence-corrected chi connectivity index (χ4v) is 11.5. The molecule has 0 atom stereocenters. The summed E-state index contributed by atoms with van der Waals surface area (Å²) in [4.78, 5) is 9.32. The zero-order valence-corrected chi connectivity index (χ0v) is 36.1. The molecule has 0 bridgehead atoms. The van der Waals surface area contributed by atoms with Crippen molar-refractivity contribution in [1.82, 2.24) is 9.97 Å². The van der Waals surface area contributed by atoms with Gasteiger partial charge in [-0.2, -0.15) is 11.3 Å². The molecule has 5 heteroatoms. The monoisotopic (exact) mass is 951 g/mol. The van der Waals surface area contributed by atoms with Crippen molar-refractivity contribution in [2.24, 2.45) is 0 Å². The standard InChI is InChI=1S/C27H22NS.C21H22GeN.Ir/c1-17(2)20-14-15-28-25(16-20)24-9-5-8-23-22-7-4-6-21(26(22)29-27(23)24)19-12-10-18(3)11-13-19;1-16-13-21(23-15-20(16)22(2,3)4)19-12-8-11-18(14-19)17-9-6-5-7-10-17;/h4-8,10-17H,1-3H3;5-11,13-15H,1-4H3;/q2*-1;/i3D3,17D;;. The van der Waals surface area contributed by atoms with Crippen LogP contribution in [0.5, 0.6) is 0 Å². The average molecular weight is 950 g/mol. The predicted molar refractivity (Wildman–Crippen MR) is 227 cm³/mol. The number of hydrogen-bond donors (Lipinski definition) is 0. The van der Waals surface area contributed by atoms with Gasteiger partial charge in [0.05, 0.1) is 0 Å². The Morgan fingerprint density at radius 2 is 1.47 bits per heavy atom. The van der Waals surface area contributed by atoms with Crippen LogP contribution in [0, 0.1) is 25.9 Å². The van der Waals surface area contributed by atoms with Crippen molar-refractivity contribution in [3.8, 4) is 44.8 Å². The SMILES string of the molecule is Cc1cc(-c2[c-]ccc(-c3ccccc3)c2)nc[c]1[Ge]([CH3])([CH3])[CH3].[2H]C([2H])([2H])c1ccc(-c2cccc3c2sc2c(-c4cc(C([2H])(C)C)ccn4)[c-]ccc23)cc1.[Ir]. The molecule has 0 amide bonds. The van der Waals surface area contributed by atoms with Gasteiger partial charge >= 0.3 is 142 Å². The summed E-state index contributed by atoms with van der Waals surface area (Å²) < 4.78 is 35.0. The number of pyridine rings is 2. The second kappa shape index (κ2) is 16.4. The molecule has 0 fully saturated rings. The van der Waals surface area contributed by atoms with Crippen molar-refractivity contribution in [1.29, 1.82) is 0 Å². The summed E-state index contributed by atoms with van der Waals surface area (Å²) in [6, 6.07) is 46.9. The zero-order valence-electron chi connectivity index (χ0n) is 34.8. The molecule has 0 saturated heterocycles. The van der Waals surface area contributed by atoms with Crippen LogP contribution in [0.2, 0.25) is 17.3 Å². The summed E-state index contributed by atoms with van der Waals surface area (Å²) in [6.07, 6.45) is 3.85. The molecule has 0 N–H and O–H groups in total. The fraction of sp³-hybridized carbons (Fsp3) is 0.167. The Bertz CT molecular complexity index is 2660. The van der Waals surface area contributed by atoms with Crippen molar-refractivity contribution >= 4 is 49.2 Å². The molecule has 0 unspecified atom stereocenters. The molecular formula is C48H44GeIrN2S-2. The Kier molecular flexibility index (Phi) is 10.4. The van der Waals surface area contributed by atoms with Gasteiger partial charge in [-0.05, 0) is 45.7 Å². The molecule has 0 aliphatic heterocycles. The minimum Gasteiger partial charge on any atom is -0.305 e. The minimum atomic E-state index is -2.11. The van der Waals surface area contributed by atoms with Gasteiger partial charge in [0.15, 0.2) is 0 Å². The fourth-order valence-electron chi connectivity index (χ4n) is 6.62. The van der Waals surface area contributed by atoms with Gasteiger partial charge in [0, 0.05) is 36.5 Å². The van der Waals surface area contributed by atoms with Crippen LogP contribution < -0.4 is 4.40 Å². The molecule has 0 aliphatic carbocycles. The summed E-state index contributed by atoms with van der Waals surface area (Å²) in [6.45, 7) is 3.85. The van der Waals surface area contributed by atoms with E-state index in [9.17, 15) is 0 Å². The van der Waals surface area contributed by atoms with E-state index in [2.05, 4.69) is 108 Å². The molecule has 5 aromatic carbocycles. The maximum Gasteiger partial charge on any atom is 0.0346 e. The van der Waals surface area contributed by atoms with Crippen LogP contribution in [0.15, 0.2) is 134 Å². The number of hydrogen-bond acceptors (Lipinski definition) is 3. The Morgan fingerprint density at radius 1 is 0.717 bits per heavy atom. The van der Waals surface area contributed by atoms with Gasteiger partial charge in [0.25, 0.3) is 0 Å². The molecule has 8 aromatic rings. The molecule has 8 rings (SSSR count). The summed E-state index contributed by atoms with van der Waals surface area (Å²) in [5, 5.41) is 2.29. The van der Waals surface area contributed by atoms with Crippen LogP contribution in [-0.2, 0) is 20.1 Å². The molecular weight excluding hydrogens is 901 g/mol. The largest absolute Gasteiger partial charge is 0.305 e. The maximum absolute atomic E-state index is 8.39. The number of thiophene rings is 1. The first-order valence-corrected chi connectivity index (χ1v) is 25.7. The van der Waals surface area contributed by atoms with E-state index < -0.39 is 26.0 Å². The summed E-state index contributed by atoms with van der Waals surface area (Å²) in [7, 11) is 0.